The molecule has 0 aliphatic carbocycles. The first-order valence-electron chi connectivity index (χ1n) is 7.60. The van der Waals surface area contributed by atoms with Crippen molar-refractivity contribution in [3.63, 3.8) is 0 Å². The summed E-state index contributed by atoms with van der Waals surface area (Å²) in [6, 6.07) is 3.43. The zero-order chi connectivity index (χ0) is 15.6. The highest BCUT2D eigenvalue weighted by Crippen LogP contribution is 2.35. The number of ether oxygens (including phenoxy) is 2. The molecule has 1 saturated heterocycles. The third-order valence-electron chi connectivity index (χ3n) is 4.03. The minimum atomic E-state index is -3.29. The Morgan fingerprint density at radius 1 is 1.14 bits per heavy atom. The summed E-state index contributed by atoms with van der Waals surface area (Å²) in [4.78, 5) is 2.70. The predicted octanol–water partition coefficient (Wildman–Crippen LogP) is 0.309. The van der Waals surface area contributed by atoms with Gasteiger partial charge in [-0.25, -0.2) is 8.42 Å². The maximum absolute atomic E-state index is 12.1. The molecule has 0 saturated carbocycles. The third kappa shape index (κ3) is 3.53. The maximum atomic E-state index is 12.1. The van der Waals surface area contributed by atoms with Crippen molar-refractivity contribution in [2.45, 2.75) is 11.3 Å². The summed E-state index contributed by atoms with van der Waals surface area (Å²) in [5.41, 5.74) is 0.810. The molecule has 2 heterocycles. The Balaban J connectivity index is 1.84. The fourth-order valence-corrected chi connectivity index (χ4v) is 3.82. The Morgan fingerprint density at radius 3 is 2.41 bits per heavy atom. The molecule has 3 rings (SSSR count). The molecule has 1 fully saturated rings. The van der Waals surface area contributed by atoms with Gasteiger partial charge in [-0.2, -0.15) is 0 Å². The van der Waals surface area contributed by atoms with Crippen molar-refractivity contribution >= 4 is 9.84 Å². The lowest BCUT2D eigenvalue weighted by molar-refractivity contribution is 0.170. The van der Waals surface area contributed by atoms with Crippen LogP contribution in [0.3, 0.4) is 0 Å². The number of nitrogens with zero attached hydrogens (tertiary/aromatic N) is 1. The molecule has 22 heavy (non-hydrogen) atoms. The van der Waals surface area contributed by atoms with E-state index in [0.717, 1.165) is 38.3 Å². The first kappa shape index (κ1) is 15.6. The van der Waals surface area contributed by atoms with Crippen LogP contribution in [0.5, 0.6) is 11.5 Å². The van der Waals surface area contributed by atoms with E-state index >= 15 is 0 Å². The summed E-state index contributed by atoms with van der Waals surface area (Å²) >= 11 is 0. The summed E-state index contributed by atoms with van der Waals surface area (Å²) in [5.74, 6) is 1.17. The van der Waals surface area contributed by atoms with Gasteiger partial charge >= 0.3 is 0 Å². The summed E-state index contributed by atoms with van der Waals surface area (Å²) < 4.78 is 35.2. The molecule has 2 aliphatic rings. The molecule has 1 N–H and O–H groups in total. The van der Waals surface area contributed by atoms with Crippen molar-refractivity contribution in [1.29, 1.82) is 0 Å². The molecule has 6 nitrogen and oxygen atoms in total. The smallest absolute Gasteiger partial charge is 0.175 e. The lowest BCUT2D eigenvalue weighted by Crippen LogP contribution is -2.44. The van der Waals surface area contributed by atoms with Gasteiger partial charge in [-0.1, -0.05) is 0 Å². The van der Waals surface area contributed by atoms with Gasteiger partial charge in [0.25, 0.3) is 0 Å². The number of sulfone groups is 1. The van der Waals surface area contributed by atoms with Gasteiger partial charge < -0.3 is 19.7 Å². The second-order valence-electron chi connectivity index (χ2n) is 5.72. The van der Waals surface area contributed by atoms with Crippen molar-refractivity contribution in [3.05, 3.63) is 17.7 Å². The van der Waals surface area contributed by atoms with Crippen LogP contribution in [0.4, 0.5) is 0 Å². The molecule has 0 atom stereocenters. The number of rotatable bonds is 4. The van der Waals surface area contributed by atoms with Crippen molar-refractivity contribution in [1.82, 2.24) is 10.2 Å². The van der Waals surface area contributed by atoms with Crippen molar-refractivity contribution in [3.8, 4) is 11.5 Å². The third-order valence-corrected chi connectivity index (χ3v) is 5.21. The van der Waals surface area contributed by atoms with Crippen LogP contribution in [0.2, 0.25) is 0 Å². The Kier molecular flexibility index (Phi) is 4.56. The summed E-state index contributed by atoms with van der Waals surface area (Å²) in [7, 11) is -3.29. The first-order chi connectivity index (χ1) is 10.5. The lowest BCUT2D eigenvalue weighted by atomic mass is 10.1. The molecule has 7 heteroatoms. The van der Waals surface area contributed by atoms with Crippen LogP contribution in [0.15, 0.2) is 17.0 Å². The van der Waals surface area contributed by atoms with E-state index in [1.54, 1.807) is 6.07 Å². The van der Waals surface area contributed by atoms with Gasteiger partial charge in [0.05, 0.1) is 4.90 Å². The minimum absolute atomic E-state index is 0.354. The molecule has 0 aromatic heterocycles. The average molecular weight is 326 g/mol. The van der Waals surface area contributed by atoms with Crippen LogP contribution in [0.1, 0.15) is 5.56 Å². The fourth-order valence-electron chi connectivity index (χ4n) is 2.87. The Bertz CT molecular complexity index is 639. The zero-order valence-corrected chi connectivity index (χ0v) is 13.6. The van der Waals surface area contributed by atoms with E-state index in [1.165, 1.54) is 6.26 Å². The topological polar surface area (TPSA) is 67.9 Å². The van der Waals surface area contributed by atoms with E-state index in [9.17, 15) is 8.42 Å². The number of benzene rings is 1. The largest absolute Gasteiger partial charge is 0.486 e. The van der Waals surface area contributed by atoms with E-state index in [1.807, 2.05) is 6.07 Å². The lowest BCUT2D eigenvalue weighted by Gasteiger charge is -2.27. The highest BCUT2D eigenvalue weighted by molar-refractivity contribution is 7.90. The molecule has 0 spiro atoms. The van der Waals surface area contributed by atoms with E-state index < -0.39 is 9.84 Å². The quantitative estimate of drug-likeness (QED) is 0.859. The van der Waals surface area contributed by atoms with E-state index in [-0.39, 0.29) is 0 Å². The van der Waals surface area contributed by atoms with Crippen LogP contribution in [-0.4, -0.2) is 65.5 Å². The number of hydrogen-bond acceptors (Lipinski definition) is 6. The van der Waals surface area contributed by atoms with Crippen LogP contribution in [0, 0.1) is 0 Å². The van der Waals surface area contributed by atoms with Crippen LogP contribution >= 0.6 is 0 Å². The van der Waals surface area contributed by atoms with E-state index in [0.29, 0.717) is 36.0 Å². The minimum Gasteiger partial charge on any atom is -0.486 e. The van der Waals surface area contributed by atoms with Crippen LogP contribution < -0.4 is 14.8 Å². The molecule has 0 bridgehead atoms. The van der Waals surface area contributed by atoms with Gasteiger partial charge in [-0.3, -0.25) is 0 Å². The molecule has 0 amide bonds. The Morgan fingerprint density at radius 2 is 1.77 bits per heavy atom. The number of fused-ring (bicyclic) bond motifs is 1. The van der Waals surface area contributed by atoms with Gasteiger partial charge in [0.1, 0.15) is 13.2 Å². The summed E-state index contributed by atoms with van der Waals surface area (Å²) in [6.45, 7) is 5.78. The second-order valence-corrected chi connectivity index (χ2v) is 7.70. The second kappa shape index (κ2) is 6.44. The van der Waals surface area contributed by atoms with Gasteiger partial charge in [0, 0.05) is 45.0 Å². The number of nitrogens with one attached hydrogen (secondary N) is 1. The van der Waals surface area contributed by atoms with Gasteiger partial charge in [0.15, 0.2) is 21.3 Å². The predicted molar refractivity (Wildman–Crippen MR) is 83.6 cm³/mol. The molecular weight excluding hydrogens is 304 g/mol. The molecule has 1 aromatic rings. The van der Waals surface area contributed by atoms with Crippen LogP contribution in [-0.2, 0) is 16.3 Å². The maximum Gasteiger partial charge on any atom is 0.175 e. The van der Waals surface area contributed by atoms with Crippen molar-refractivity contribution < 1.29 is 17.9 Å². The number of hydrogen-bond donors (Lipinski definition) is 1. The summed E-state index contributed by atoms with van der Waals surface area (Å²) in [5, 5.41) is 3.32. The highest BCUT2D eigenvalue weighted by atomic mass is 32.2. The normalized spacial score (nSPS) is 19.1. The number of piperazine rings is 1. The van der Waals surface area contributed by atoms with Gasteiger partial charge in [-0.05, 0) is 18.1 Å². The molecule has 0 radical (unpaired) electrons. The van der Waals surface area contributed by atoms with Crippen molar-refractivity contribution in [2.75, 3.05) is 52.2 Å². The van der Waals surface area contributed by atoms with E-state index in [4.69, 9.17) is 9.47 Å². The fraction of sp³-hybridized carbons (Fsp3) is 0.600. The molecule has 0 unspecified atom stereocenters. The molecular formula is C15H22N2O4S. The van der Waals surface area contributed by atoms with Crippen LogP contribution in [0.25, 0.3) is 0 Å². The molecule has 1 aromatic carbocycles. The summed E-state index contributed by atoms with van der Waals surface area (Å²) in [6.07, 6.45) is 1.94. The standard InChI is InChI=1S/C15H22N2O4S/c1-22(18,19)15-11-14-13(20-8-9-21-14)10-12(15)2-5-17-6-3-16-4-7-17/h10-11,16H,2-9H2,1H3. The van der Waals surface area contributed by atoms with Gasteiger partial charge in [0.2, 0.25) is 0 Å². The Hall–Kier alpha value is -1.31. The first-order valence-corrected chi connectivity index (χ1v) is 9.49. The molecule has 122 valence electrons. The molecule has 2 aliphatic heterocycles. The van der Waals surface area contributed by atoms with Gasteiger partial charge in [-0.15, -0.1) is 0 Å². The zero-order valence-electron chi connectivity index (χ0n) is 12.8. The average Bonchev–Trinajstić information content (AvgIpc) is 2.52. The van der Waals surface area contributed by atoms with E-state index in [2.05, 4.69) is 10.2 Å². The van der Waals surface area contributed by atoms with Crippen molar-refractivity contribution in [2.24, 2.45) is 0 Å². The SMILES string of the molecule is CS(=O)(=O)c1cc2c(cc1CCN1CCNCC1)OCCO2. The Labute approximate surface area is 131 Å². The monoisotopic (exact) mass is 326 g/mol. The highest BCUT2D eigenvalue weighted by Gasteiger charge is 2.21.